The highest BCUT2D eigenvalue weighted by atomic mass is 16.7. The molecule has 4 aromatic rings. The molecule has 2 heterocycles. The lowest BCUT2D eigenvalue weighted by Crippen LogP contribution is -2.59. The maximum atomic E-state index is 14.4. The van der Waals surface area contributed by atoms with Crippen LogP contribution < -0.4 is 26.2 Å². The van der Waals surface area contributed by atoms with Gasteiger partial charge in [0.25, 0.3) is 11.8 Å². The van der Waals surface area contributed by atoms with Crippen molar-refractivity contribution in [1.29, 1.82) is 0 Å². The summed E-state index contributed by atoms with van der Waals surface area (Å²) < 4.78 is 18.3. The molecule has 16 nitrogen and oxygen atoms in total. The zero-order chi connectivity index (χ0) is 44.5. The number of fused-ring (bicyclic) bond motifs is 4. The van der Waals surface area contributed by atoms with E-state index in [-0.39, 0.29) is 86.9 Å². The molecule has 3 aromatic carbocycles. The number of ether oxygens (including phenoxy) is 3. The van der Waals surface area contributed by atoms with Crippen LogP contribution in [0.25, 0.3) is 22.0 Å². The summed E-state index contributed by atoms with van der Waals surface area (Å²) in [6.07, 6.45) is 4.22. The second-order valence-electron chi connectivity index (χ2n) is 16.3. The van der Waals surface area contributed by atoms with Crippen LogP contribution in [0.4, 0.5) is 4.79 Å². The number of hydrogen-bond donors (Lipinski definition) is 4. The van der Waals surface area contributed by atoms with Gasteiger partial charge in [-0.15, -0.1) is 0 Å². The summed E-state index contributed by atoms with van der Waals surface area (Å²) in [6, 6.07) is 20.4. The Morgan fingerprint density at radius 3 is 2.16 bits per heavy atom. The molecule has 0 bridgehead atoms. The lowest BCUT2D eigenvalue weighted by Gasteiger charge is -2.39. The third-order valence-corrected chi connectivity index (χ3v) is 12.6. The van der Waals surface area contributed by atoms with Crippen molar-refractivity contribution in [2.24, 2.45) is 13.0 Å². The molecule has 1 saturated carbocycles. The Bertz CT molecular complexity index is 2240. The Morgan fingerprint density at radius 2 is 1.49 bits per heavy atom. The van der Waals surface area contributed by atoms with Crippen molar-refractivity contribution in [1.82, 2.24) is 35.8 Å². The van der Waals surface area contributed by atoms with Crippen molar-refractivity contribution in [2.75, 3.05) is 73.3 Å². The zero-order valence-electron chi connectivity index (χ0n) is 36.6. The number of amides is 5. The fraction of sp³-hybridized carbons (Fsp3) is 0.468. The molecule has 4 N–H and O–H groups in total. The molecule has 2 aliphatic carbocycles. The molecule has 7 rings (SSSR count). The Balaban J connectivity index is 0.898. The number of aromatic nitrogens is 1. The van der Waals surface area contributed by atoms with Gasteiger partial charge in [-0.2, -0.15) is 5.48 Å². The van der Waals surface area contributed by atoms with E-state index in [9.17, 15) is 24.0 Å². The average molecular weight is 866 g/mol. The van der Waals surface area contributed by atoms with Gasteiger partial charge in [0.2, 0.25) is 11.8 Å². The fourth-order valence-corrected chi connectivity index (χ4v) is 9.02. The van der Waals surface area contributed by atoms with E-state index in [1.165, 1.54) is 0 Å². The number of likely N-dealkylation sites (N-methyl/N-ethyl adjacent to an activating group) is 1. The van der Waals surface area contributed by atoms with E-state index in [0.29, 0.717) is 29.7 Å². The van der Waals surface area contributed by atoms with Crippen molar-refractivity contribution in [2.45, 2.75) is 57.0 Å². The zero-order valence-corrected chi connectivity index (χ0v) is 36.6. The molecule has 5 amide bonds. The smallest absolute Gasteiger partial charge is 0.431 e. The van der Waals surface area contributed by atoms with E-state index in [1.807, 2.05) is 24.3 Å². The van der Waals surface area contributed by atoms with E-state index >= 15 is 0 Å². The first-order valence-corrected chi connectivity index (χ1v) is 21.9. The van der Waals surface area contributed by atoms with Crippen LogP contribution in [0.1, 0.15) is 76.9 Å². The fourth-order valence-electron chi connectivity index (χ4n) is 9.02. The summed E-state index contributed by atoms with van der Waals surface area (Å²) in [5, 5.41) is 9.46. The minimum Gasteiger partial charge on any atom is -0.497 e. The largest absolute Gasteiger partial charge is 0.497 e. The molecule has 16 heteroatoms. The van der Waals surface area contributed by atoms with E-state index in [2.05, 4.69) is 45.7 Å². The minimum absolute atomic E-state index is 0.0478. The first-order chi connectivity index (χ1) is 30.6. The van der Waals surface area contributed by atoms with Crippen LogP contribution in [0, 0.1) is 5.92 Å². The summed E-state index contributed by atoms with van der Waals surface area (Å²) in [6.45, 7) is 3.53. The highest BCUT2D eigenvalue weighted by molar-refractivity contribution is 6.16. The number of benzene rings is 3. The van der Waals surface area contributed by atoms with Crippen LogP contribution in [0.2, 0.25) is 0 Å². The van der Waals surface area contributed by atoms with Gasteiger partial charge in [-0.05, 0) is 67.1 Å². The van der Waals surface area contributed by atoms with Gasteiger partial charge < -0.3 is 44.5 Å². The number of rotatable bonds is 17. The van der Waals surface area contributed by atoms with Crippen LogP contribution in [0.3, 0.4) is 0 Å². The number of nitrogens with one attached hydrogen (secondary N) is 4. The summed E-state index contributed by atoms with van der Waals surface area (Å²) >= 11 is 0. The molecule has 3 aliphatic rings. The summed E-state index contributed by atoms with van der Waals surface area (Å²) in [4.78, 5) is 76.3. The molecule has 1 aliphatic heterocycles. The maximum absolute atomic E-state index is 14.4. The Morgan fingerprint density at radius 1 is 0.825 bits per heavy atom. The van der Waals surface area contributed by atoms with Gasteiger partial charge in [0, 0.05) is 57.1 Å². The Hall–Kier alpha value is -5.97. The molecule has 2 atom stereocenters. The van der Waals surface area contributed by atoms with Crippen molar-refractivity contribution < 1.29 is 43.0 Å². The Kier molecular flexibility index (Phi) is 15.0. The van der Waals surface area contributed by atoms with E-state index in [4.69, 9.17) is 19.0 Å². The second kappa shape index (κ2) is 20.9. The van der Waals surface area contributed by atoms with Crippen LogP contribution in [-0.2, 0) is 30.9 Å². The van der Waals surface area contributed by atoms with Crippen molar-refractivity contribution in [3.8, 4) is 16.9 Å². The Labute approximate surface area is 367 Å². The van der Waals surface area contributed by atoms with Crippen molar-refractivity contribution >= 4 is 40.6 Å². The van der Waals surface area contributed by atoms with Crippen LogP contribution in [0.15, 0.2) is 66.7 Å². The number of piperazine rings is 1. The van der Waals surface area contributed by atoms with Crippen molar-refractivity contribution in [3.05, 3.63) is 89.1 Å². The normalized spacial score (nSPS) is 16.2. The van der Waals surface area contributed by atoms with E-state index in [0.717, 1.165) is 54.4 Å². The number of carbonyl (C=O) groups is 5. The van der Waals surface area contributed by atoms with Gasteiger partial charge in [-0.3, -0.25) is 24.0 Å². The van der Waals surface area contributed by atoms with Gasteiger partial charge >= 0.3 is 6.09 Å². The molecule has 1 saturated heterocycles. The standard InChI is InChI=1S/C47H59N7O9/c1-30(48-2)43(55)50-41(31-12-6-5-7-13-31)45(57)53-21-23-54(24-22-53)46(58)42-40(37-19-18-32(60-4)28-39(37)52(42)3)44(56)49-20-25-61-26-27-63-51-47(59)62-29-38-35-16-10-8-14-33(35)34-15-9-11-17-36(34)38/h8-11,14-19,28,30-31,38,41,48H,5-7,12-13,20-27,29H2,1-4H3,(H,49,56)(H,50,55)(H,51,59)/t30-,41-/m0/s1. The molecule has 63 heavy (non-hydrogen) atoms. The summed E-state index contributed by atoms with van der Waals surface area (Å²) in [5.74, 6) is -0.542. The quantitative estimate of drug-likeness (QED) is 0.0880. The number of carbonyl (C=O) groups excluding carboxylic acids is 5. The number of methoxy groups -OCH3 is 1. The lowest BCUT2D eigenvalue weighted by atomic mass is 9.83. The predicted octanol–water partition coefficient (Wildman–Crippen LogP) is 4.36. The second-order valence-corrected chi connectivity index (χ2v) is 16.3. The van der Waals surface area contributed by atoms with Gasteiger partial charge in [-0.1, -0.05) is 67.8 Å². The van der Waals surface area contributed by atoms with Crippen molar-refractivity contribution in [3.63, 3.8) is 0 Å². The third kappa shape index (κ3) is 10.1. The van der Waals surface area contributed by atoms with Crippen LogP contribution in [0.5, 0.6) is 5.75 Å². The number of aryl methyl sites for hydroxylation is 1. The number of nitrogens with zero attached hydrogens (tertiary/aromatic N) is 3. The highest BCUT2D eigenvalue weighted by Gasteiger charge is 2.37. The molecular weight excluding hydrogens is 807 g/mol. The molecular formula is C47H59N7O9. The monoisotopic (exact) mass is 865 g/mol. The van der Waals surface area contributed by atoms with Crippen LogP contribution >= 0.6 is 0 Å². The van der Waals surface area contributed by atoms with Gasteiger partial charge in [0.15, 0.2) is 0 Å². The summed E-state index contributed by atoms with van der Waals surface area (Å²) in [7, 11) is 5.01. The average Bonchev–Trinajstić information content (AvgIpc) is 3.80. The first-order valence-electron chi connectivity index (χ1n) is 21.9. The molecule has 0 unspecified atom stereocenters. The number of hydrogen-bond acceptors (Lipinski definition) is 10. The molecule has 1 aromatic heterocycles. The topological polar surface area (TPSA) is 182 Å². The maximum Gasteiger partial charge on any atom is 0.431 e. The lowest BCUT2D eigenvalue weighted by molar-refractivity contribution is -0.140. The predicted molar refractivity (Wildman–Crippen MR) is 236 cm³/mol. The van der Waals surface area contributed by atoms with Gasteiger partial charge in [0.1, 0.15) is 24.1 Å². The molecule has 2 fully saturated rings. The van der Waals surface area contributed by atoms with Crippen LogP contribution in [-0.4, -0.2) is 129 Å². The van der Waals surface area contributed by atoms with Gasteiger partial charge in [0.05, 0.1) is 44.1 Å². The van der Waals surface area contributed by atoms with E-state index < -0.39 is 24.1 Å². The number of hydroxylamine groups is 1. The highest BCUT2D eigenvalue weighted by Crippen LogP contribution is 2.44. The molecule has 0 radical (unpaired) electrons. The van der Waals surface area contributed by atoms with E-state index in [1.54, 1.807) is 60.7 Å². The SMILES string of the molecule is CN[C@@H](C)C(=O)N[C@H](C(=O)N1CCN(C(=O)c2c(C(=O)NCCOCCONC(=O)OCC3c4ccccc4-c4ccccc43)c3ccc(OC)cc3n2C)CC1)C1CCCCC1. The summed E-state index contributed by atoms with van der Waals surface area (Å²) in [5.41, 5.74) is 7.91. The minimum atomic E-state index is -0.707. The third-order valence-electron chi connectivity index (χ3n) is 12.6. The van der Waals surface area contributed by atoms with Gasteiger partial charge in [-0.25, -0.2) is 4.79 Å². The first kappa shape index (κ1) is 45.1. The molecule has 0 spiro atoms. The molecule has 336 valence electrons.